The van der Waals surface area contributed by atoms with Crippen LogP contribution in [0.15, 0.2) is 12.4 Å². The van der Waals surface area contributed by atoms with Crippen molar-refractivity contribution in [1.82, 2.24) is 4.98 Å². The molecule has 1 rings (SSSR count). The number of amides is 1. The number of pyridine rings is 1. The van der Waals surface area contributed by atoms with Crippen LogP contribution in [0.3, 0.4) is 0 Å². The minimum absolute atomic E-state index is 0.114. The summed E-state index contributed by atoms with van der Waals surface area (Å²) >= 11 is 11.5. The second-order valence-corrected chi connectivity index (χ2v) is 4.01. The van der Waals surface area contributed by atoms with E-state index in [9.17, 15) is 15.0 Å². The molecule has 0 aliphatic heterocycles. The molecule has 0 fully saturated rings. The van der Waals surface area contributed by atoms with Gasteiger partial charge >= 0.3 is 0 Å². The van der Waals surface area contributed by atoms with E-state index < -0.39 is 18.1 Å². The van der Waals surface area contributed by atoms with Gasteiger partial charge in [-0.3, -0.25) is 9.78 Å². The highest BCUT2D eigenvalue weighted by atomic mass is 35.5. The Morgan fingerprint density at radius 2 is 1.88 bits per heavy atom. The lowest BCUT2D eigenvalue weighted by atomic mass is 10.0. The molecule has 0 aliphatic carbocycles. The zero-order valence-electron chi connectivity index (χ0n) is 8.10. The summed E-state index contributed by atoms with van der Waals surface area (Å²) in [5.74, 6) is -0.729. The molecule has 1 aromatic heterocycles. The van der Waals surface area contributed by atoms with Gasteiger partial charge in [-0.25, -0.2) is 0 Å². The van der Waals surface area contributed by atoms with Gasteiger partial charge in [0.1, 0.15) is 6.10 Å². The van der Waals surface area contributed by atoms with Crippen LogP contribution in [0.1, 0.15) is 18.1 Å². The fraction of sp³-hybridized carbons (Fsp3) is 0.333. The van der Waals surface area contributed by atoms with Gasteiger partial charge in [0, 0.05) is 18.0 Å². The van der Waals surface area contributed by atoms with Gasteiger partial charge < -0.3 is 15.9 Å². The number of hydrogen-bond donors (Lipinski definition) is 3. The van der Waals surface area contributed by atoms with Crippen molar-refractivity contribution in [1.29, 1.82) is 0 Å². The largest absolute Gasteiger partial charge is 0.390 e. The third kappa shape index (κ3) is 3.05. The number of carbonyl (C=O) groups excluding carboxylic acids is 1. The summed E-state index contributed by atoms with van der Waals surface area (Å²) in [5, 5.41) is 19.5. The summed E-state index contributed by atoms with van der Waals surface area (Å²) in [6, 6.07) is 0. The molecule has 5 nitrogen and oxygen atoms in total. The average Bonchev–Trinajstić information content (AvgIpc) is 2.16. The van der Waals surface area contributed by atoms with Crippen molar-refractivity contribution in [2.24, 2.45) is 5.73 Å². The zero-order valence-corrected chi connectivity index (χ0v) is 9.61. The molecule has 0 saturated carbocycles. The van der Waals surface area contributed by atoms with Crippen molar-refractivity contribution in [3.05, 3.63) is 28.0 Å². The summed E-state index contributed by atoms with van der Waals surface area (Å²) in [6.07, 6.45) is -0.548. The topological polar surface area (TPSA) is 96.4 Å². The highest BCUT2D eigenvalue weighted by molar-refractivity contribution is 6.35. The van der Waals surface area contributed by atoms with Crippen LogP contribution in [-0.2, 0) is 4.79 Å². The van der Waals surface area contributed by atoms with Crippen LogP contribution in [-0.4, -0.2) is 27.2 Å². The molecular formula is C9H10Cl2N2O3. The van der Waals surface area contributed by atoms with E-state index in [1.54, 1.807) is 0 Å². The molecule has 0 saturated heterocycles. The SMILES string of the molecule is NC(=O)CC(O)C(O)c1c(Cl)cncc1Cl. The lowest BCUT2D eigenvalue weighted by molar-refractivity contribution is -0.121. The number of primary amides is 1. The number of aliphatic hydroxyl groups is 2. The van der Waals surface area contributed by atoms with Crippen LogP contribution in [0.4, 0.5) is 0 Å². The molecule has 0 aliphatic rings. The summed E-state index contributed by atoms with van der Waals surface area (Å²) < 4.78 is 0. The molecule has 1 amide bonds. The lowest BCUT2D eigenvalue weighted by Crippen LogP contribution is -2.26. The first-order valence-corrected chi connectivity index (χ1v) is 5.12. The third-order valence-corrected chi connectivity index (χ3v) is 2.56. The molecule has 2 unspecified atom stereocenters. The highest BCUT2D eigenvalue weighted by Gasteiger charge is 2.24. The Hall–Kier alpha value is -0.880. The number of carbonyl (C=O) groups is 1. The van der Waals surface area contributed by atoms with Gasteiger partial charge in [0.25, 0.3) is 0 Å². The maximum atomic E-state index is 10.6. The fourth-order valence-corrected chi connectivity index (χ4v) is 1.80. The van der Waals surface area contributed by atoms with E-state index in [-0.39, 0.29) is 22.0 Å². The second-order valence-electron chi connectivity index (χ2n) is 3.20. The van der Waals surface area contributed by atoms with Gasteiger partial charge in [0.05, 0.1) is 22.6 Å². The Kier molecular flexibility index (Phi) is 4.49. The number of nitrogens with two attached hydrogens (primary N) is 1. The van der Waals surface area contributed by atoms with Crippen LogP contribution >= 0.6 is 23.2 Å². The van der Waals surface area contributed by atoms with E-state index in [1.807, 2.05) is 0 Å². The lowest BCUT2D eigenvalue weighted by Gasteiger charge is -2.18. The van der Waals surface area contributed by atoms with Gasteiger partial charge in [-0.1, -0.05) is 23.2 Å². The number of aliphatic hydroxyl groups excluding tert-OH is 2. The van der Waals surface area contributed by atoms with Crippen molar-refractivity contribution < 1.29 is 15.0 Å². The molecule has 4 N–H and O–H groups in total. The van der Waals surface area contributed by atoms with Crippen molar-refractivity contribution in [3.8, 4) is 0 Å². The summed E-state index contributed by atoms with van der Waals surface area (Å²) in [4.78, 5) is 14.3. The molecule has 7 heteroatoms. The number of aromatic nitrogens is 1. The van der Waals surface area contributed by atoms with E-state index in [2.05, 4.69) is 4.98 Å². The Bertz CT molecular complexity index is 380. The number of rotatable bonds is 4. The molecule has 0 radical (unpaired) electrons. The first-order chi connectivity index (χ1) is 7.43. The molecule has 16 heavy (non-hydrogen) atoms. The summed E-state index contributed by atoms with van der Waals surface area (Å²) in [6.45, 7) is 0. The molecule has 0 bridgehead atoms. The number of hydrogen-bond acceptors (Lipinski definition) is 4. The van der Waals surface area contributed by atoms with Crippen LogP contribution in [0, 0.1) is 0 Å². The molecule has 2 atom stereocenters. The van der Waals surface area contributed by atoms with E-state index in [1.165, 1.54) is 12.4 Å². The number of halogens is 2. The summed E-state index contributed by atoms with van der Waals surface area (Å²) in [7, 11) is 0. The standard InChI is InChI=1S/C9H10Cl2N2O3/c10-4-2-13-3-5(11)8(4)9(16)6(14)1-7(12)15/h2-3,6,9,14,16H,1H2,(H2,12,15). The normalized spacial score (nSPS) is 14.5. The maximum absolute atomic E-state index is 10.6. The van der Waals surface area contributed by atoms with Gasteiger partial charge in [-0.05, 0) is 0 Å². The minimum Gasteiger partial charge on any atom is -0.390 e. The highest BCUT2D eigenvalue weighted by Crippen LogP contribution is 2.31. The quantitative estimate of drug-likeness (QED) is 0.744. The van der Waals surface area contributed by atoms with Gasteiger partial charge in [0.15, 0.2) is 0 Å². The Morgan fingerprint density at radius 3 is 2.31 bits per heavy atom. The molecule has 1 heterocycles. The van der Waals surface area contributed by atoms with Crippen molar-refractivity contribution in [2.45, 2.75) is 18.6 Å². The Labute approximate surface area is 102 Å². The van der Waals surface area contributed by atoms with Crippen LogP contribution < -0.4 is 5.73 Å². The average molecular weight is 265 g/mol. The van der Waals surface area contributed by atoms with Gasteiger partial charge in [-0.2, -0.15) is 0 Å². The van der Waals surface area contributed by atoms with Crippen molar-refractivity contribution in [2.75, 3.05) is 0 Å². The third-order valence-electron chi connectivity index (χ3n) is 1.96. The monoisotopic (exact) mass is 264 g/mol. The first kappa shape index (κ1) is 13.2. The van der Waals surface area contributed by atoms with Crippen LogP contribution in [0.25, 0.3) is 0 Å². The first-order valence-electron chi connectivity index (χ1n) is 4.36. The maximum Gasteiger partial charge on any atom is 0.220 e. The van der Waals surface area contributed by atoms with Crippen molar-refractivity contribution in [3.63, 3.8) is 0 Å². The fourth-order valence-electron chi connectivity index (χ4n) is 1.21. The second kappa shape index (κ2) is 5.45. The van der Waals surface area contributed by atoms with Gasteiger partial charge in [0.2, 0.25) is 5.91 Å². The van der Waals surface area contributed by atoms with E-state index in [4.69, 9.17) is 28.9 Å². The van der Waals surface area contributed by atoms with E-state index >= 15 is 0 Å². The Balaban J connectivity index is 2.95. The molecular weight excluding hydrogens is 255 g/mol. The van der Waals surface area contributed by atoms with Crippen molar-refractivity contribution >= 4 is 29.1 Å². The van der Waals surface area contributed by atoms with Gasteiger partial charge in [-0.15, -0.1) is 0 Å². The Morgan fingerprint density at radius 1 is 1.38 bits per heavy atom. The molecule has 0 aromatic carbocycles. The van der Waals surface area contributed by atoms with E-state index in [0.29, 0.717) is 0 Å². The minimum atomic E-state index is -1.38. The molecule has 0 spiro atoms. The predicted octanol–water partition coefficient (Wildman–Crippen LogP) is 0.658. The van der Waals surface area contributed by atoms with Crippen LogP contribution in [0.5, 0.6) is 0 Å². The zero-order chi connectivity index (χ0) is 12.3. The summed E-state index contributed by atoms with van der Waals surface area (Å²) in [5.41, 5.74) is 5.03. The van der Waals surface area contributed by atoms with E-state index in [0.717, 1.165) is 0 Å². The molecule has 1 aromatic rings. The molecule has 88 valence electrons. The number of nitrogens with zero attached hydrogens (tertiary/aromatic N) is 1. The predicted molar refractivity (Wildman–Crippen MR) is 59.0 cm³/mol. The smallest absolute Gasteiger partial charge is 0.220 e. The van der Waals surface area contributed by atoms with Crippen LogP contribution in [0.2, 0.25) is 10.0 Å².